The molecule has 0 aliphatic carbocycles. The number of nitrogens with one attached hydrogen (secondary N) is 1. The van der Waals surface area contributed by atoms with E-state index in [0.29, 0.717) is 0 Å². The van der Waals surface area contributed by atoms with Crippen LogP contribution < -0.4 is 10.1 Å². The zero-order chi connectivity index (χ0) is 15.2. The first-order chi connectivity index (χ1) is 10.2. The molecule has 1 heterocycles. The minimum atomic E-state index is 0.0657. The van der Waals surface area contributed by atoms with Gasteiger partial charge in [0, 0.05) is 11.8 Å². The smallest absolute Gasteiger partial charge is 0.124 e. The van der Waals surface area contributed by atoms with Crippen LogP contribution in [0.4, 0.5) is 0 Å². The molecule has 0 aliphatic heterocycles. The van der Waals surface area contributed by atoms with E-state index in [1.807, 2.05) is 12.3 Å². The van der Waals surface area contributed by atoms with E-state index in [4.69, 9.17) is 4.74 Å². The fourth-order valence-corrected chi connectivity index (χ4v) is 2.63. The van der Waals surface area contributed by atoms with Crippen molar-refractivity contribution in [2.45, 2.75) is 33.2 Å². The topological polar surface area (TPSA) is 47.0 Å². The first kappa shape index (κ1) is 15.4. The molecular formula is C17H23N3O. The predicted octanol–water partition coefficient (Wildman–Crippen LogP) is 3.19. The van der Waals surface area contributed by atoms with Gasteiger partial charge in [0.1, 0.15) is 5.75 Å². The zero-order valence-corrected chi connectivity index (χ0v) is 13.2. The maximum Gasteiger partial charge on any atom is 0.124 e. The molecule has 0 bridgehead atoms. The number of ether oxygens (including phenoxy) is 1. The number of rotatable bonds is 6. The molecule has 0 radical (unpaired) electrons. The molecule has 1 aromatic carbocycles. The highest BCUT2D eigenvalue weighted by molar-refractivity contribution is 5.48. The fourth-order valence-electron chi connectivity index (χ4n) is 2.63. The van der Waals surface area contributed by atoms with Crippen molar-refractivity contribution in [1.29, 1.82) is 0 Å². The van der Waals surface area contributed by atoms with Crippen LogP contribution in [0.25, 0.3) is 0 Å². The van der Waals surface area contributed by atoms with Crippen LogP contribution in [-0.4, -0.2) is 23.9 Å². The molecule has 1 N–H and O–H groups in total. The highest BCUT2D eigenvalue weighted by atomic mass is 16.5. The summed E-state index contributed by atoms with van der Waals surface area (Å²) in [5.74, 6) is 0.915. The van der Waals surface area contributed by atoms with Crippen LogP contribution >= 0.6 is 0 Å². The first-order valence-corrected chi connectivity index (χ1v) is 7.32. The Balaban J connectivity index is 2.51. The van der Waals surface area contributed by atoms with Gasteiger partial charge in [0.05, 0.1) is 19.3 Å². The van der Waals surface area contributed by atoms with Crippen molar-refractivity contribution in [3.63, 3.8) is 0 Å². The molecule has 0 aliphatic rings. The van der Waals surface area contributed by atoms with Gasteiger partial charge in [-0.2, -0.15) is 10.2 Å². The number of hydrogen-bond acceptors (Lipinski definition) is 4. The van der Waals surface area contributed by atoms with Gasteiger partial charge in [-0.25, -0.2) is 0 Å². The normalized spacial score (nSPS) is 12.2. The molecule has 0 fully saturated rings. The average Bonchev–Trinajstić information content (AvgIpc) is 2.49. The molecule has 0 saturated heterocycles. The summed E-state index contributed by atoms with van der Waals surface area (Å²) < 4.78 is 5.61. The standard InChI is InChI=1S/C17H23N3O/c1-5-7-18-17(14-6-8-19-20-11-14)16-13(3)9-12(2)10-15(16)21-4/h6,8-11,17-18H,5,7H2,1-4H3. The average molecular weight is 285 g/mol. The molecule has 2 rings (SSSR count). The van der Waals surface area contributed by atoms with Crippen LogP contribution in [0.5, 0.6) is 5.75 Å². The van der Waals surface area contributed by atoms with Gasteiger partial charge in [-0.3, -0.25) is 0 Å². The Morgan fingerprint density at radius 3 is 2.67 bits per heavy atom. The molecular weight excluding hydrogens is 262 g/mol. The summed E-state index contributed by atoms with van der Waals surface area (Å²) >= 11 is 0. The first-order valence-electron chi connectivity index (χ1n) is 7.32. The van der Waals surface area contributed by atoms with Gasteiger partial charge in [-0.15, -0.1) is 0 Å². The van der Waals surface area contributed by atoms with Crippen LogP contribution in [0.3, 0.4) is 0 Å². The van der Waals surface area contributed by atoms with Gasteiger partial charge >= 0.3 is 0 Å². The van der Waals surface area contributed by atoms with Crippen molar-refractivity contribution in [2.24, 2.45) is 0 Å². The van der Waals surface area contributed by atoms with Gasteiger partial charge in [-0.1, -0.05) is 13.0 Å². The lowest BCUT2D eigenvalue weighted by Crippen LogP contribution is -2.24. The quantitative estimate of drug-likeness (QED) is 0.885. The maximum atomic E-state index is 5.61. The second-order valence-corrected chi connectivity index (χ2v) is 5.26. The number of aryl methyl sites for hydroxylation is 2. The molecule has 112 valence electrons. The molecule has 1 atom stereocenters. The second kappa shape index (κ2) is 7.18. The van der Waals surface area contributed by atoms with E-state index in [1.165, 1.54) is 16.7 Å². The van der Waals surface area contributed by atoms with Gasteiger partial charge in [-0.05, 0) is 55.6 Å². The summed E-state index contributed by atoms with van der Waals surface area (Å²) in [6.07, 6.45) is 4.61. The lowest BCUT2D eigenvalue weighted by atomic mass is 9.93. The molecule has 21 heavy (non-hydrogen) atoms. The molecule has 4 heteroatoms. The Bertz CT molecular complexity index is 584. The highest BCUT2D eigenvalue weighted by Crippen LogP contribution is 2.33. The third kappa shape index (κ3) is 3.58. The largest absolute Gasteiger partial charge is 0.496 e. The monoisotopic (exact) mass is 285 g/mol. The van der Waals surface area contributed by atoms with Crippen molar-refractivity contribution in [2.75, 3.05) is 13.7 Å². The summed E-state index contributed by atoms with van der Waals surface area (Å²) in [5.41, 5.74) is 4.70. The molecule has 1 unspecified atom stereocenters. The molecule has 1 aromatic heterocycles. The summed E-state index contributed by atoms with van der Waals surface area (Å²) in [4.78, 5) is 0. The van der Waals surface area contributed by atoms with Crippen molar-refractivity contribution in [1.82, 2.24) is 15.5 Å². The maximum absolute atomic E-state index is 5.61. The Kier molecular flexibility index (Phi) is 5.28. The molecule has 0 spiro atoms. The second-order valence-electron chi connectivity index (χ2n) is 5.26. The van der Waals surface area contributed by atoms with E-state index < -0.39 is 0 Å². The fraction of sp³-hybridized carbons (Fsp3) is 0.412. The third-order valence-corrected chi connectivity index (χ3v) is 3.54. The minimum absolute atomic E-state index is 0.0657. The highest BCUT2D eigenvalue weighted by Gasteiger charge is 2.20. The van der Waals surface area contributed by atoms with Crippen LogP contribution in [0.2, 0.25) is 0 Å². The van der Waals surface area contributed by atoms with Crippen LogP contribution in [0.1, 0.15) is 41.6 Å². The SMILES string of the molecule is CCCNC(c1ccnnc1)c1c(C)cc(C)cc1OC. The van der Waals surface area contributed by atoms with E-state index >= 15 is 0 Å². The van der Waals surface area contributed by atoms with E-state index in [9.17, 15) is 0 Å². The third-order valence-electron chi connectivity index (χ3n) is 3.54. The molecule has 0 saturated carbocycles. The summed E-state index contributed by atoms with van der Waals surface area (Å²) in [5, 5.41) is 11.5. The van der Waals surface area contributed by atoms with E-state index in [2.05, 4.69) is 48.4 Å². The number of benzene rings is 1. The zero-order valence-electron chi connectivity index (χ0n) is 13.2. The Labute approximate surface area is 126 Å². The Morgan fingerprint density at radius 2 is 2.05 bits per heavy atom. The molecule has 2 aromatic rings. The van der Waals surface area contributed by atoms with Crippen molar-refractivity contribution >= 4 is 0 Å². The lowest BCUT2D eigenvalue weighted by molar-refractivity contribution is 0.402. The van der Waals surface area contributed by atoms with Gasteiger partial charge in [0.25, 0.3) is 0 Å². The lowest BCUT2D eigenvalue weighted by Gasteiger charge is -2.23. The number of nitrogens with zero attached hydrogens (tertiary/aromatic N) is 2. The van der Waals surface area contributed by atoms with E-state index in [-0.39, 0.29) is 6.04 Å². The van der Waals surface area contributed by atoms with E-state index in [0.717, 1.165) is 24.3 Å². The van der Waals surface area contributed by atoms with E-state index in [1.54, 1.807) is 13.3 Å². The summed E-state index contributed by atoms with van der Waals surface area (Å²) in [7, 11) is 1.72. The van der Waals surface area contributed by atoms with Gasteiger partial charge in [0.15, 0.2) is 0 Å². The Morgan fingerprint density at radius 1 is 1.24 bits per heavy atom. The van der Waals surface area contributed by atoms with Crippen molar-refractivity contribution in [3.05, 3.63) is 52.8 Å². The number of aromatic nitrogens is 2. The minimum Gasteiger partial charge on any atom is -0.496 e. The van der Waals surface area contributed by atoms with Crippen molar-refractivity contribution < 1.29 is 4.74 Å². The summed E-state index contributed by atoms with van der Waals surface area (Å²) in [6, 6.07) is 6.33. The van der Waals surface area contributed by atoms with Crippen molar-refractivity contribution in [3.8, 4) is 5.75 Å². The molecule has 0 amide bonds. The van der Waals surface area contributed by atoms with Gasteiger partial charge < -0.3 is 10.1 Å². The predicted molar refractivity (Wildman–Crippen MR) is 84.6 cm³/mol. The van der Waals surface area contributed by atoms with Crippen LogP contribution in [0, 0.1) is 13.8 Å². The molecule has 4 nitrogen and oxygen atoms in total. The summed E-state index contributed by atoms with van der Waals surface area (Å²) in [6.45, 7) is 7.30. The number of hydrogen-bond donors (Lipinski definition) is 1. The van der Waals surface area contributed by atoms with Crippen LogP contribution in [0.15, 0.2) is 30.6 Å². The van der Waals surface area contributed by atoms with Crippen LogP contribution in [-0.2, 0) is 0 Å². The van der Waals surface area contributed by atoms with Gasteiger partial charge in [0.2, 0.25) is 0 Å². The Hall–Kier alpha value is -1.94. The number of methoxy groups -OCH3 is 1.